The Labute approximate surface area is 380 Å². The lowest BCUT2D eigenvalue weighted by Crippen LogP contribution is -2.45. The maximum absolute atomic E-state index is 12.4. The summed E-state index contributed by atoms with van der Waals surface area (Å²) in [4.78, 5) is 24.5. The van der Waals surface area contributed by atoms with E-state index in [1.54, 1.807) is 0 Å². The van der Waals surface area contributed by atoms with Gasteiger partial charge in [0.2, 0.25) is 5.91 Å². The van der Waals surface area contributed by atoms with Crippen LogP contribution in [-0.4, -0.2) is 47.4 Å². The van der Waals surface area contributed by atoms with E-state index in [4.69, 9.17) is 4.74 Å². The number of amides is 1. The zero-order valence-corrected chi connectivity index (χ0v) is 40.9. The monoisotopic (exact) mass is 860 g/mol. The third-order valence-electron chi connectivity index (χ3n) is 12.5. The highest BCUT2D eigenvalue weighted by Crippen LogP contribution is 2.16. The number of hydrogen-bond donors (Lipinski definition) is 3. The molecule has 0 aromatic carbocycles. The highest BCUT2D eigenvalue weighted by molar-refractivity contribution is 5.76. The molecular formula is C55H105NO5. The van der Waals surface area contributed by atoms with Gasteiger partial charge in [-0.05, 0) is 77.0 Å². The van der Waals surface area contributed by atoms with Gasteiger partial charge in [-0.1, -0.05) is 224 Å². The largest absolute Gasteiger partial charge is 0.466 e. The SMILES string of the molecule is CCCCCCCCC/C=C\CCCCCCCC(=O)OCCCCCCCCC/C=C\CCCCCCCC(=O)NC(CO)C(O)CCCCCCCCCCCCCC. The molecule has 1 amide bonds. The summed E-state index contributed by atoms with van der Waals surface area (Å²) in [6.45, 7) is 4.92. The van der Waals surface area contributed by atoms with Crippen LogP contribution in [0.5, 0.6) is 0 Å². The zero-order valence-electron chi connectivity index (χ0n) is 40.9. The number of rotatable bonds is 50. The molecule has 0 saturated heterocycles. The first-order chi connectivity index (χ1) is 30.0. The van der Waals surface area contributed by atoms with Crippen molar-refractivity contribution >= 4 is 11.9 Å². The average Bonchev–Trinajstić information content (AvgIpc) is 3.26. The molecule has 0 aromatic heterocycles. The van der Waals surface area contributed by atoms with E-state index in [0.717, 1.165) is 64.2 Å². The van der Waals surface area contributed by atoms with Crippen LogP contribution in [-0.2, 0) is 14.3 Å². The van der Waals surface area contributed by atoms with Crippen molar-refractivity contribution in [3.05, 3.63) is 24.3 Å². The summed E-state index contributed by atoms with van der Waals surface area (Å²) in [5, 5.41) is 23.2. The van der Waals surface area contributed by atoms with Crippen LogP contribution in [0.3, 0.4) is 0 Å². The van der Waals surface area contributed by atoms with Gasteiger partial charge in [0, 0.05) is 12.8 Å². The van der Waals surface area contributed by atoms with Crippen molar-refractivity contribution in [2.75, 3.05) is 13.2 Å². The van der Waals surface area contributed by atoms with Gasteiger partial charge in [-0.25, -0.2) is 0 Å². The molecule has 0 fully saturated rings. The average molecular weight is 860 g/mol. The Hall–Kier alpha value is -1.66. The minimum Gasteiger partial charge on any atom is -0.466 e. The van der Waals surface area contributed by atoms with E-state index in [2.05, 4.69) is 43.5 Å². The Bertz CT molecular complexity index is 951. The number of aliphatic hydroxyl groups excluding tert-OH is 2. The van der Waals surface area contributed by atoms with Crippen LogP contribution in [0.4, 0.5) is 0 Å². The number of carbonyl (C=O) groups is 2. The Kier molecular flexibility index (Phi) is 49.6. The number of allylic oxidation sites excluding steroid dienone is 4. The topological polar surface area (TPSA) is 95.9 Å². The summed E-state index contributed by atoms with van der Waals surface area (Å²) >= 11 is 0. The third-order valence-corrected chi connectivity index (χ3v) is 12.5. The molecule has 61 heavy (non-hydrogen) atoms. The van der Waals surface area contributed by atoms with E-state index >= 15 is 0 Å². The van der Waals surface area contributed by atoms with E-state index < -0.39 is 12.1 Å². The van der Waals surface area contributed by atoms with E-state index in [1.807, 2.05) is 0 Å². The predicted molar refractivity (Wildman–Crippen MR) is 264 cm³/mol. The smallest absolute Gasteiger partial charge is 0.305 e. The summed E-state index contributed by atoms with van der Waals surface area (Å²) in [5.74, 6) is -0.0632. The quantitative estimate of drug-likeness (QED) is 0.0322. The van der Waals surface area contributed by atoms with Gasteiger partial charge in [-0.15, -0.1) is 0 Å². The van der Waals surface area contributed by atoms with Gasteiger partial charge in [-0.2, -0.15) is 0 Å². The highest BCUT2D eigenvalue weighted by atomic mass is 16.5. The van der Waals surface area contributed by atoms with Crippen LogP contribution in [0.25, 0.3) is 0 Å². The lowest BCUT2D eigenvalue weighted by atomic mass is 10.0. The second-order valence-corrected chi connectivity index (χ2v) is 18.6. The zero-order chi connectivity index (χ0) is 44.4. The van der Waals surface area contributed by atoms with Crippen molar-refractivity contribution in [3.63, 3.8) is 0 Å². The summed E-state index contributed by atoms with van der Waals surface area (Å²) in [5.41, 5.74) is 0. The molecule has 0 aromatic rings. The van der Waals surface area contributed by atoms with Crippen LogP contribution < -0.4 is 5.32 Å². The fourth-order valence-corrected chi connectivity index (χ4v) is 8.28. The molecule has 0 bridgehead atoms. The lowest BCUT2D eigenvalue weighted by molar-refractivity contribution is -0.143. The maximum atomic E-state index is 12.4. The first kappa shape index (κ1) is 59.3. The van der Waals surface area contributed by atoms with Crippen molar-refractivity contribution < 1.29 is 24.5 Å². The lowest BCUT2D eigenvalue weighted by Gasteiger charge is -2.22. The first-order valence-electron chi connectivity index (χ1n) is 27.1. The first-order valence-corrected chi connectivity index (χ1v) is 27.1. The molecule has 0 aliphatic carbocycles. The second kappa shape index (κ2) is 51.0. The van der Waals surface area contributed by atoms with E-state index in [-0.39, 0.29) is 18.5 Å². The molecule has 0 radical (unpaired) electrons. The van der Waals surface area contributed by atoms with E-state index in [1.165, 1.54) is 193 Å². The van der Waals surface area contributed by atoms with E-state index in [0.29, 0.717) is 25.9 Å². The van der Waals surface area contributed by atoms with Gasteiger partial charge in [0.1, 0.15) is 0 Å². The van der Waals surface area contributed by atoms with Gasteiger partial charge >= 0.3 is 5.97 Å². The molecule has 6 heteroatoms. The Morgan fingerprint density at radius 3 is 1.16 bits per heavy atom. The molecule has 0 rings (SSSR count). The molecule has 3 N–H and O–H groups in total. The molecule has 2 unspecified atom stereocenters. The summed E-state index contributed by atoms with van der Waals surface area (Å²) in [6.07, 6.45) is 60.1. The number of hydrogen-bond acceptors (Lipinski definition) is 5. The van der Waals surface area contributed by atoms with Crippen molar-refractivity contribution in [3.8, 4) is 0 Å². The van der Waals surface area contributed by atoms with Gasteiger partial charge in [0.25, 0.3) is 0 Å². The van der Waals surface area contributed by atoms with Gasteiger partial charge in [0.15, 0.2) is 0 Å². The van der Waals surface area contributed by atoms with Gasteiger partial charge in [-0.3, -0.25) is 9.59 Å². The summed E-state index contributed by atoms with van der Waals surface area (Å²) in [7, 11) is 0. The molecular weight excluding hydrogens is 755 g/mol. The highest BCUT2D eigenvalue weighted by Gasteiger charge is 2.20. The molecule has 360 valence electrons. The molecule has 6 nitrogen and oxygen atoms in total. The number of ether oxygens (including phenoxy) is 1. The fourth-order valence-electron chi connectivity index (χ4n) is 8.28. The number of nitrogens with one attached hydrogen (secondary N) is 1. The van der Waals surface area contributed by atoms with Crippen LogP contribution in [0.15, 0.2) is 24.3 Å². The van der Waals surface area contributed by atoms with Crippen molar-refractivity contribution in [1.82, 2.24) is 5.32 Å². The summed E-state index contributed by atoms with van der Waals surface area (Å²) < 4.78 is 5.47. The van der Waals surface area contributed by atoms with Gasteiger partial charge < -0.3 is 20.3 Å². The molecule has 0 aliphatic heterocycles. The molecule has 0 saturated carbocycles. The molecule has 0 spiro atoms. The van der Waals surface area contributed by atoms with Crippen LogP contribution in [0.2, 0.25) is 0 Å². The Morgan fingerprint density at radius 2 is 0.770 bits per heavy atom. The number of unbranched alkanes of at least 4 members (excludes halogenated alkanes) is 35. The normalized spacial score (nSPS) is 12.8. The second-order valence-electron chi connectivity index (χ2n) is 18.6. The summed E-state index contributed by atoms with van der Waals surface area (Å²) in [6, 6.07) is -0.552. The van der Waals surface area contributed by atoms with Crippen LogP contribution in [0.1, 0.15) is 290 Å². The number of esters is 1. The number of aliphatic hydroxyl groups is 2. The Balaban J connectivity index is 3.46. The van der Waals surface area contributed by atoms with Gasteiger partial charge in [0.05, 0.1) is 25.4 Å². The third kappa shape index (κ3) is 47.7. The molecule has 0 aliphatic rings. The Morgan fingerprint density at radius 1 is 0.443 bits per heavy atom. The molecule has 2 atom stereocenters. The minimum atomic E-state index is -0.673. The van der Waals surface area contributed by atoms with E-state index in [9.17, 15) is 19.8 Å². The predicted octanol–water partition coefficient (Wildman–Crippen LogP) is 16.3. The maximum Gasteiger partial charge on any atom is 0.305 e. The fraction of sp³-hybridized carbons (Fsp3) is 0.891. The van der Waals surface area contributed by atoms with Crippen molar-refractivity contribution in [2.45, 2.75) is 302 Å². The minimum absolute atomic E-state index is 0.0103. The van der Waals surface area contributed by atoms with Crippen molar-refractivity contribution in [1.29, 1.82) is 0 Å². The van der Waals surface area contributed by atoms with Crippen LogP contribution >= 0.6 is 0 Å². The molecule has 0 heterocycles. The van der Waals surface area contributed by atoms with Crippen LogP contribution in [0, 0.1) is 0 Å². The van der Waals surface area contributed by atoms with Crippen molar-refractivity contribution in [2.24, 2.45) is 0 Å². The standard InChI is InChI=1S/C55H105NO5/c1-3-5-7-9-11-13-15-17-18-22-25-29-33-37-41-45-49-55(60)61-50-46-42-38-34-30-26-23-20-19-21-24-28-32-36-40-44-48-54(59)56-52(51-57)53(58)47-43-39-35-31-27-16-14-12-10-8-6-4-2/h18-19,21-22,52-53,57-58H,3-17,20,23-51H2,1-2H3,(H,56,59)/b21-19-,22-18-. The number of carbonyl (C=O) groups excluding carboxylic acids is 2.